The molecule has 0 fully saturated rings. The molecule has 0 saturated carbocycles. The predicted molar refractivity (Wildman–Crippen MR) is 109 cm³/mol. The minimum atomic E-state index is -4.66. The first-order valence-electron chi connectivity index (χ1n) is 9.11. The molecule has 164 valence electrons. The number of nitrogens with one attached hydrogen (secondary N) is 2. The molecular weight excluding hydrogens is 419 g/mol. The number of halogens is 3. The topological polar surface area (TPSA) is 78.5 Å². The van der Waals surface area contributed by atoms with Crippen molar-refractivity contribution in [2.45, 2.75) is 30.5 Å². The molecule has 0 spiro atoms. The van der Waals surface area contributed by atoms with Gasteiger partial charge in [-0.25, -0.2) is 13.1 Å². The molecule has 2 N–H and O–H groups in total. The van der Waals surface area contributed by atoms with E-state index in [0.29, 0.717) is 12.5 Å². The Balaban J connectivity index is 1.91. The van der Waals surface area contributed by atoms with Crippen LogP contribution in [0.2, 0.25) is 0 Å². The van der Waals surface area contributed by atoms with Crippen molar-refractivity contribution >= 4 is 21.6 Å². The van der Waals surface area contributed by atoms with E-state index in [9.17, 15) is 26.4 Å². The molecule has 0 aliphatic rings. The van der Waals surface area contributed by atoms with Crippen molar-refractivity contribution in [3.8, 4) is 0 Å². The van der Waals surface area contributed by atoms with Gasteiger partial charge in [0.1, 0.15) is 0 Å². The summed E-state index contributed by atoms with van der Waals surface area (Å²) in [6.45, 7) is 1.20. The highest BCUT2D eigenvalue weighted by atomic mass is 32.2. The summed E-state index contributed by atoms with van der Waals surface area (Å²) >= 11 is 0. The number of anilines is 1. The zero-order valence-electron chi connectivity index (χ0n) is 16.8. The Labute approximate surface area is 174 Å². The van der Waals surface area contributed by atoms with Gasteiger partial charge in [0.15, 0.2) is 0 Å². The zero-order valence-corrected chi connectivity index (χ0v) is 17.6. The summed E-state index contributed by atoms with van der Waals surface area (Å²) in [7, 11) is -0.404. The first-order valence-corrected chi connectivity index (χ1v) is 10.6. The molecule has 2 aromatic carbocycles. The van der Waals surface area contributed by atoms with Crippen LogP contribution in [0.25, 0.3) is 0 Å². The molecule has 0 aliphatic carbocycles. The van der Waals surface area contributed by atoms with Gasteiger partial charge in [-0.2, -0.15) is 13.2 Å². The Morgan fingerprint density at radius 1 is 1.10 bits per heavy atom. The monoisotopic (exact) mass is 443 g/mol. The second kappa shape index (κ2) is 9.48. The number of carbonyl (C=O) groups excluding carboxylic acids is 1. The standard InChI is InChI=1S/C20H24F3N3O3S/c1-14(11-15-7-9-17(10-8-15)26(2)3)25-19(27)13-24-30(28,29)18-6-4-5-16(12-18)20(21,22)23/h4-10,12,14,24H,11,13H2,1-3H3,(H,25,27). The minimum absolute atomic E-state index is 0.263. The highest BCUT2D eigenvalue weighted by Gasteiger charge is 2.31. The van der Waals surface area contributed by atoms with Crippen LogP contribution >= 0.6 is 0 Å². The number of nitrogens with zero attached hydrogens (tertiary/aromatic N) is 1. The van der Waals surface area contributed by atoms with Gasteiger partial charge in [0.05, 0.1) is 17.0 Å². The van der Waals surface area contributed by atoms with Crippen LogP contribution in [0.3, 0.4) is 0 Å². The van der Waals surface area contributed by atoms with Gasteiger partial charge in [-0.1, -0.05) is 18.2 Å². The first-order chi connectivity index (χ1) is 13.9. The van der Waals surface area contributed by atoms with E-state index in [1.54, 1.807) is 6.92 Å². The third-order valence-corrected chi connectivity index (χ3v) is 5.70. The van der Waals surface area contributed by atoms with Crippen molar-refractivity contribution in [3.63, 3.8) is 0 Å². The number of rotatable bonds is 8. The van der Waals surface area contributed by atoms with Crippen molar-refractivity contribution in [1.82, 2.24) is 10.0 Å². The molecule has 0 aliphatic heterocycles. The molecule has 30 heavy (non-hydrogen) atoms. The number of hydrogen-bond acceptors (Lipinski definition) is 4. The lowest BCUT2D eigenvalue weighted by Gasteiger charge is -2.16. The fourth-order valence-electron chi connectivity index (χ4n) is 2.74. The average Bonchev–Trinajstić information content (AvgIpc) is 2.66. The van der Waals surface area contributed by atoms with Gasteiger partial charge in [-0.15, -0.1) is 0 Å². The SMILES string of the molecule is CC(Cc1ccc(N(C)C)cc1)NC(=O)CNS(=O)(=O)c1cccc(C(F)(F)F)c1. The van der Waals surface area contributed by atoms with E-state index in [1.165, 1.54) is 0 Å². The highest BCUT2D eigenvalue weighted by Crippen LogP contribution is 2.30. The molecule has 1 unspecified atom stereocenters. The molecule has 0 heterocycles. The number of benzene rings is 2. The molecule has 2 aromatic rings. The van der Waals surface area contributed by atoms with E-state index in [1.807, 2.05) is 48.0 Å². The Bertz CT molecular complexity index is 975. The van der Waals surface area contributed by atoms with Gasteiger partial charge >= 0.3 is 6.18 Å². The van der Waals surface area contributed by atoms with E-state index in [4.69, 9.17) is 0 Å². The molecule has 6 nitrogen and oxygen atoms in total. The van der Waals surface area contributed by atoms with Gasteiger partial charge in [-0.05, 0) is 49.2 Å². The number of carbonyl (C=O) groups is 1. The maximum atomic E-state index is 12.8. The quantitative estimate of drug-likeness (QED) is 0.658. The summed E-state index contributed by atoms with van der Waals surface area (Å²) in [6, 6.07) is 10.9. The van der Waals surface area contributed by atoms with Crippen molar-refractivity contribution in [3.05, 3.63) is 59.7 Å². The summed E-state index contributed by atoms with van der Waals surface area (Å²) in [5, 5.41) is 2.67. The Morgan fingerprint density at radius 3 is 2.30 bits per heavy atom. The van der Waals surface area contributed by atoms with Crippen LogP contribution in [0.1, 0.15) is 18.1 Å². The van der Waals surface area contributed by atoms with Crippen LogP contribution in [-0.2, 0) is 27.4 Å². The van der Waals surface area contributed by atoms with Gasteiger partial charge in [-0.3, -0.25) is 4.79 Å². The lowest BCUT2D eigenvalue weighted by atomic mass is 10.1. The lowest BCUT2D eigenvalue weighted by Crippen LogP contribution is -2.41. The number of amides is 1. The summed E-state index contributed by atoms with van der Waals surface area (Å²) in [5.41, 5.74) is 0.959. The van der Waals surface area contributed by atoms with Crippen molar-refractivity contribution in [2.24, 2.45) is 0 Å². The van der Waals surface area contributed by atoms with Crippen LogP contribution in [-0.4, -0.2) is 41.0 Å². The Kier molecular flexibility index (Phi) is 7.49. The molecule has 1 amide bonds. The molecule has 0 aromatic heterocycles. The molecule has 2 rings (SSSR count). The second-order valence-corrected chi connectivity index (χ2v) is 8.85. The maximum Gasteiger partial charge on any atom is 0.416 e. The van der Waals surface area contributed by atoms with Crippen LogP contribution in [0.4, 0.5) is 18.9 Å². The summed E-state index contributed by atoms with van der Waals surface area (Å²) in [5.74, 6) is -0.581. The van der Waals surface area contributed by atoms with Crippen molar-refractivity contribution in [1.29, 1.82) is 0 Å². The van der Waals surface area contributed by atoms with E-state index in [2.05, 4.69) is 5.32 Å². The van der Waals surface area contributed by atoms with E-state index >= 15 is 0 Å². The van der Waals surface area contributed by atoms with E-state index in [0.717, 1.165) is 29.4 Å². The Hall–Kier alpha value is -2.59. The predicted octanol–water partition coefficient (Wildman–Crippen LogP) is 2.80. The van der Waals surface area contributed by atoms with Crippen molar-refractivity contribution < 1.29 is 26.4 Å². The van der Waals surface area contributed by atoms with Gasteiger partial charge < -0.3 is 10.2 Å². The average molecular weight is 443 g/mol. The molecule has 1 atom stereocenters. The zero-order chi connectivity index (χ0) is 22.5. The third-order valence-electron chi connectivity index (χ3n) is 4.30. The highest BCUT2D eigenvalue weighted by molar-refractivity contribution is 7.89. The largest absolute Gasteiger partial charge is 0.416 e. The molecule has 10 heteroatoms. The summed E-state index contributed by atoms with van der Waals surface area (Å²) in [4.78, 5) is 13.5. The summed E-state index contributed by atoms with van der Waals surface area (Å²) < 4.78 is 64.8. The fraction of sp³-hybridized carbons (Fsp3) is 0.350. The molecule has 0 radical (unpaired) electrons. The van der Waals surface area contributed by atoms with Crippen LogP contribution in [0, 0.1) is 0 Å². The number of sulfonamides is 1. The molecular formula is C20H24F3N3O3S. The second-order valence-electron chi connectivity index (χ2n) is 7.08. The van der Waals surface area contributed by atoms with Gasteiger partial charge in [0.2, 0.25) is 15.9 Å². The van der Waals surface area contributed by atoms with E-state index in [-0.39, 0.29) is 6.04 Å². The fourth-order valence-corrected chi connectivity index (χ4v) is 3.77. The van der Waals surface area contributed by atoms with Crippen LogP contribution in [0.15, 0.2) is 53.4 Å². The normalized spacial score (nSPS) is 13.0. The first kappa shape index (κ1) is 23.7. The molecule has 0 saturated heterocycles. The maximum absolute atomic E-state index is 12.8. The third kappa shape index (κ3) is 6.74. The van der Waals surface area contributed by atoms with Crippen LogP contribution < -0.4 is 14.9 Å². The summed E-state index contributed by atoms with van der Waals surface area (Å²) in [6.07, 6.45) is -4.12. The van der Waals surface area contributed by atoms with Gasteiger partial charge in [0.25, 0.3) is 0 Å². The van der Waals surface area contributed by atoms with Crippen molar-refractivity contribution in [2.75, 3.05) is 25.5 Å². The van der Waals surface area contributed by atoms with E-state index < -0.39 is 39.1 Å². The Morgan fingerprint density at radius 2 is 1.73 bits per heavy atom. The minimum Gasteiger partial charge on any atom is -0.378 e. The number of alkyl halides is 3. The number of hydrogen-bond donors (Lipinski definition) is 2. The van der Waals surface area contributed by atoms with Crippen LogP contribution in [0.5, 0.6) is 0 Å². The molecule has 0 bridgehead atoms. The van der Waals surface area contributed by atoms with Gasteiger partial charge in [0, 0.05) is 25.8 Å². The lowest BCUT2D eigenvalue weighted by molar-refractivity contribution is -0.137. The smallest absolute Gasteiger partial charge is 0.378 e.